The van der Waals surface area contributed by atoms with Gasteiger partial charge >= 0.3 is 0 Å². The van der Waals surface area contributed by atoms with Gasteiger partial charge < -0.3 is 10.2 Å². The first-order chi connectivity index (χ1) is 21.9. The number of hydrogen-bond acceptors (Lipinski definition) is 4. The van der Waals surface area contributed by atoms with E-state index in [-0.39, 0.29) is 29.7 Å². The lowest BCUT2D eigenvalue weighted by Gasteiger charge is -2.34. The molecule has 4 aromatic carbocycles. The fourth-order valence-corrected chi connectivity index (χ4v) is 6.62. The fraction of sp³-hybridized carbons (Fsp3) is 0.297. The van der Waals surface area contributed by atoms with Crippen molar-refractivity contribution in [1.82, 2.24) is 10.2 Å². The molecule has 0 aromatic heterocycles. The summed E-state index contributed by atoms with van der Waals surface area (Å²) >= 11 is 6.08. The minimum Gasteiger partial charge on any atom is -0.354 e. The van der Waals surface area contributed by atoms with Crippen molar-refractivity contribution in [2.45, 2.75) is 58.5 Å². The highest BCUT2D eigenvalue weighted by atomic mass is 35.5. The molecule has 0 heterocycles. The largest absolute Gasteiger partial charge is 0.354 e. The lowest BCUT2D eigenvalue weighted by molar-refractivity contribution is -0.140. The van der Waals surface area contributed by atoms with E-state index in [1.807, 2.05) is 95.3 Å². The van der Waals surface area contributed by atoms with Crippen LogP contribution in [0, 0.1) is 26.7 Å². The summed E-state index contributed by atoms with van der Waals surface area (Å²) in [7, 11) is -4.21. The quantitative estimate of drug-likeness (QED) is 0.170. The Kier molecular flexibility index (Phi) is 11.7. The van der Waals surface area contributed by atoms with E-state index < -0.39 is 28.5 Å². The summed E-state index contributed by atoms with van der Waals surface area (Å²) in [6.45, 7) is 9.86. The number of amides is 2. The molecule has 0 aliphatic heterocycles. The number of carbonyl (C=O) groups excluding carboxylic acids is 2. The maximum absolute atomic E-state index is 14.6. The van der Waals surface area contributed by atoms with E-state index in [9.17, 15) is 18.0 Å². The van der Waals surface area contributed by atoms with Crippen LogP contribution in [0.25, 0.3) is 0 Å². The van der Waals surface area contributed by atoms with Crippen LogP contribution in [0.3, 0.4) is 0 Å². The summed E-state index contributed by atoms with van der Waals surface area (Å²) in [5, 5.41) is 3.42. The smallest absolute Gasteiger partial charge is 0.264 e. The van der Waals surface area contributed by atoms with Gasteiger partial charge in [-0.05, 0) is 90.9 Å². The van der Waals surface area contributed by atoms with E-state index in [1.165, 1.54) is 29.2 Å². The Hall–Kier alpha value is -4.14. The van der Waals surface area contributed by atoms with Gasteiger partial charge in [0.05, 0.1) is 10.6 Å². The Morgan fingerprint density at radius 1 is 0.804 bits per heavy atom. The van der Waals surface area contributed by atoms with Crippen LogP contribution in [0.4, 0.5) is 5.69 Å². The highest BCUT2D eigenvalue weighted by Crippen LogP contribution is 2.28. The first-order valence-electron chi connectivity index (χ1n) is 15.4. The molecule has 4 rings (SSSR count). The third-order valence-corrected chi connectivity index (χ3v) is 10.1. The van der Waals surface area contributed by atoms with Crippen LogP contribution in [-0.2, 0) is 32.6 Å². The molecule has 0 aliphatic carbocycles. The summed E-state index contributed by atoms with van der Waals surface area (Å²) in [5.41, 5.74) is 4.93. The molecule has 1 N–H and O–H groups in total. The van der Waals surface area contributed by atoms with Gasteiger partial charge in [-0.15, -0.1) is 0 Å². The average Bonchev–Trinajstić information content (AvgIpc) is 3.03. The highest BCUT2D eigenvalue weighted by molar-refractivity contribution is 7.92. The molecule has 9 heteroatoms. The van der Waals surface area contributed by atoms with Crippen molar-refractivity contribution in [3.8, 4) is 0 Å². The second-order valence-corrected chi connectivity index (χ2v) is 14.3. The van der Waals surface area contributed by atoms with E-state index in [0.29, 0.717) is 17.3 Å². The number of hydrogen-bond donors (Lipinski definition) is 1. The predicted molar refractivity (Wildman–Crippen MR) is 185 cm³/mol. The molecule has 1 atom stereocenters. The van der Waals surface area contributed by atoms with Crippen LogP contribution in [-0.4, -0.2) is 44.3 Å². The fourth-order valence-electron chi connectivity index (χ4n) is 5.09. The Balaban J connectivity index is 1.82. The van der Waals surface area contributed by atoms with Crippen LogP contribution in [0.2, 0.25) is 5.02 Å². The van der Waals surface area contributed by atoms with Gasteiger partial charge in [0.25, 0.3) is 10.0 Å². The minimum absolute atomic E-state index is 0.00361. The van der Waals surface area contributed by atoms with Crippen molar-refractivity contribution in [2.75, 3.05) is 17.4 Å². The number of halogens is 1. The molecule has 0 aliphatic rings. The van der Waals surface area contributed by atoms with Gasteiger partial charge in [0.1, 0.15) is 12.6 Å². The third kappa shape index (κ3) is 8.77. The number of rotatable bonds is 13. The molecule has 1 unspecified atom stereocenters. The van der Waals surface area contributed by atoms with Crippen LogP contribution >= 0.6 is 11.6 Å². The molecule has 0 saturated carbocycles. The van der Waals surface area contributed by atoms with Gasteiger partial charge in [-0.3, -0.25) is 13.9 Å². The van der Waals surface area contributed by atoms with E-state index in [0.717, 1.165) is 32.1 Å². The number of nitrogens with zero attached hydrogens (tertiary/aromatic N) is 2. The van der Waals surface area contributed by atoms with Gasteiger partial charge in [-0.25, -0.2) is 8.42 Å². The number of aryl methyl sites for hydroxylation is 3. The molecule has 0 radical (unpaired) electrons. The van der Waals surface area contributed by atoms with Crippen molar-refractivity contribution in [3.63, 3.8) is 0 Å². The summed E-state index contributed by atoms with van der Waals surface area (Å²) in [4.78, 5) is 30.1. The van der Waals surface area contributed by atoms with Gasteiger partial charge in [-0.1, -0.05) is 86.1 Å². The topological polar surface area (TPSA) is 86.8 Å². The van der Waals surface area contributed by atoms with E-state index in [1.54, 1.807) is 12.1 Å². The first kappa shape index (κ1) is 34.7. The molecule has 0 bridgehead atoms. The van der Waals surface area contributed by atoms with Crippen molar-refractivity contribution in [1.29, 1.82) is 0 Å². The molecule has 2 amide bonds. The number of sulfonamides is 1. The van der Waals surface area contributed by atoms with E-state index >= 15 is 0 Å². The minimum atomic E-state index is -4.21. The zero-order chi connectivity index (χ0) is 33.4. The maximum Gasteiger partial charge on any atom is 0.264 e. The Morgan fingerprint density at radius 3 is 2.09 bits per heavy atom. The molecule has 0 fully saturated rings. The Labute approximate surface area is 278 Å². The SMILES string of the molecule is Cc1ccc(N(CC(=O)N(Cc2ccccc2C)C(Cc2ccccc2)C(=O)NCC(C)C)S(=O)(=O)c2ccc(Cl)cc2)cc1C. The van der Waals surface area contributed by atoms with Gasteiger partial charge in [-0.2, -0.15) is 0 Å². The van der Waals surface area contributed by atoms with Crippen molar-refractivity contribution in [3.05, 3.63) is 130 Å². The van der Waals surface area contributed by atoms with Crippen LogP contribution < -0.4 is 9.62 Å². The average molecular weight is 660 g/mol. The lowest BCUT2D eigenvalue weighted by atomic mass is 10.0. The molecule has 46 heavy (non-hydrogen) atoms. The number of benzene rings is 4. The molecule has 7 nitrogen and oxygen atoms in total. The summed E-state index contributed by atoms with van der Waals surface area (Å²) < 4.78 is 29.6. The number of anilines is 1. The second kappa shape index (κ2) is 15.4. The van der Waals surface area contributed by atoms with Crippen molar-refractivity contribution >= 4 is 39.1 Å². The Morgan fingerprint density at radius 2 is 1.46 bits per heavy atom. The first-order valence-corrected chi connectivity index (χ1v) is 17.2. The zero-order valence-corrected chi connectivity index (χ0v) is 28.6. The van der Waals surface area contributed by atoms with Gasteiger partial charge in [0.2, 0.25) is 11.8 Å². The van der Waals surface area contributed by atoms with Gasteiger partial charge in [0.15, 0.2) is 0 Å². The monoisotopic (exact) mass is 659 g/mol. The Bertz CT molecular complexity index is 1760. The lowest BCUT2D eigenvalue weighted by Crippen LogP contribution is -2.53. The van der Waals surface area contributed by atoms with Crippen molar-refractivity contribution < 1.29 is 18.0 Å². The van der Waals surface area contributed by atoms with Crippen LogP contribution in [0.1, 0.15) is 41.7 Å². The molecular weight excluding hydrogens is 618 g/mol. The molecular formula is C37H42ClN3O4S. The normalized spacial score (nSPS) is 12.1. The standard InChI is InChI=1S/C37H42ClN3O4S/c1-26(2)23-39-37(43)35(22-30-12-7-6-8-13-30)40(24-31-14-10-9-11-28(31)4)36(42)25-41(33-18-15-27(3)29(5)21-33)46(44,45)34-19-16-32(38)17-20-34/h6-21,26,35H,22-25H2,1-5H3,(H,39,43). The molecule has 242 valence electrons. The number of carbonyl (C=O) groups is 2. The predicted octanol–water partition coefficient (Wildman–Crippen LogP) is 6.87. The van der Waals surface area contributed by atoms with Crippen LogP contribution in [0.5, 0.6) is 0 Å². The number of nitrogens with one attached hydrogen (secondary N) is 1. The highest BCUT2D eigenvalue weighted by Gasteiger charge is 2.35. The second-order valence-electron chi connectivity index (χ2n) is 12.0. The molecule has 0 spiro atoms. The summed E-state index contributed by atoms with van der Waals surface area (Å²) in [6, 6.07) is 27.5. The zero-order valence-electron chi connectivity index (χ0n) is 27.0. The maximum atomic E-state index is 14.6. The summed E-state index contributed by atoms with van der Waals surface area (Å²) in [6.07, 6.45) is 0.260. The van der Waals surface area contributed by atoms with Crippen LogP contribution in [0.15, 0.2) is 102 Å². The summed E-state index contributed by atoms with van der Waals surface area (Å²) in [5.74, 6) is -0.593. The van der Waals surface area contributed by atoms with E-state index in [2.05, 4.69) is 5.32 Å². The van der Waals surface area contributed by atoms with E-state index in [4.69, 9.17) is 11.6 Å². The van der Waals surface area contributed by atoms with Gasteiger partial charge in [0, 0.05) is 24.5 Å². The third-order valence-electron chi connectivity index (χ3n) is 8.02. The molecule has 4 aromatic rings. The molecule has 0 saturated heterocycles. The van der Waals surface area contributed by atoms with Crippen molar-refractivity contribution in [2.24, 2.45) is 5.92 Å².